The largest absolute Gasteiger partial charge is 0.454 e. The fraction of sp³-hybridized carbons (Fsp3) is 0.133. The molecule has 7 nitrogen and oxygen atoms in total. The van der Waals surface area contributed by atoms with Crippen LogP contribution in [0.15, 0.2) is 40.5 Å². The molecule has 0 bridgehead atoms. The van der Waals surface area contributed by atoms with Crippen LogP contribution in [0.25, 0.3) is 0 Å². The fourth-order valence-electron chi connectivity index (χ4n) is 2.22. The molecule has 3 heterocycles. The van der Waals surface area contributed by atoms with Crippen LogP contribution in [0, 0.1) is 0 Å². The lowest BCUT2D eigenvalue weighted by Crippen LogP contribution is -2.18. The van der Waals surface area contributed by atoms with Gasteiger partial charge in [-0.1, -0.05) is 6.07 Å². The van der Waals surface area contributed by atoms with Gasteiger partial charge in [-0.15, -0.1) is 21.5 Å². The van der Waals surface area contributed by atoms with Crippen LogP contribution in [-0.2, 0) is 6.42 Å². The van der Waals surface area contributed by atoms with Crippen molar-refractivity contribution in [3.05, 3.63) is 56.6 Å². The number of H-pyrrole nitrogens is 1. The van der Waals surface area contributed by atoms with Crippen LogP contribution in [0.3, 0.4) is 0 Å². The summed E-state index contributed by atoms with van der Waals surface area (Å²) in [6, 6.07) is 9.29. The monoisotopic (exact) mass is 328 g/mol. The van der Waals surface area contributed by atoms with Crippen molar-refractivity contribution in [2.45, 2.75) is 6.42 Å². The van der Waals surface area contributed by atoms with Crippen LogP contribution in [0.2, 0.25) is 0 Å². The SMILES string of the molecule is O=c1[nH]c(Nc2ccc3c(c2)OCO3)nnc1Cc1cccs1. The molecule has 1 aliphatic heterocycles. The van der Waals surface area contributed by atoms with Gasteiger partial charge in [-0.3, -0.25) is 9.78 Å². The Morgan fingerprint density at radius 2 is 2.13 bits per heavy atom. The predicted octanol–water partition coefficient (Wildman–Crippen LogP) is 2.29. The third kappa shape index (κ3) is 2.88. The number of nitrogens with zero attached hydrogens (tertiary/aromatic N) is 2. The smallest absolute Gasteiger partial charge is 0.274 e. The van der Waals surface area contributed by atoms with Crippen molar-refractivity contribution in [3.63, 3.8) is 0 Å². The van der Waals surface area contributed by atoms with Gasteiger partial charge in [0.15, 0.2) is 11.5 Å². The van der Waals surface area contributed by atoms with Crippen molar-refractivity contribution >= 4 is 23.0 Å². The molecule has 1 aromatic carbocycles. The zero-order chi connectivity index (χ0) is 15.6. The Morgan fingerprint density at radius 3 is 2.96 bits per heavy atom. The molecule has 0 saturated heterocycles. The van der Waals surface area contributed by atoms with Crippen LogP contribution < -0.4 is 20.3 Å². The number of hydrogen-bond acceptors (Lipinski definition) is 7. The third-order valence-electron chi connectivity index (χ3n) is 3.32. The van der Waals surface area contributed by atoms with Crippen LogP contribution in [-0.4, -0.2) is 22.0 Å². The van der Waals surface area contributed by atoms with Gasteiger partial charge in [-0.05, 0) is 23.6 Å². The Labute approximate surface area is 134 Å². The van der Waals surface area contributed by atoms with Gasteiger partial charge in [0.05, 0.1) is 0 Å². The molecule has 0 fully saturated rings. The number of anilines is 2. The maximum absolute atomic E-state index is 12.1. The van der Waals surface area contributed by atoms with Gasteiger partial charge in [-0.2, -0.15) is 0 Å². The predicted molar refractivity (Wildman–Crippen MR) is 85.6 cm³/mol. The highest BCUT2D eigenvalue weighted by Gasteiger charge is 2.14. The Kier molecular flexibility index (Phi) is 3.43. The summed E-state index contributed by atoms with van der Waals surface area (Å²) in [5, 5.41) is 13.0. The maximum atomic E-state index is 12.1. The number of hydrogen-bond donors (Lipinski definition) is 2. The van der Waals surface area contributed by atoms with E-state index in [0.29, 0.717) is 23.6 Å². The van der Waals surface area contributed by atoms with Gasteiger partial charge >= 0.3 is 0 Å². The summed E-state index contributed by atoms with van der Waals surface area (Å²) in [6.45, 7) is 0.215. The van der Waals surface area contributed by atoms with E-state index in [2.05, 4.69) is 20.5 Å². The van der Waals surface area contributed by atoms with E-state index in [0.717, 1.165) is 10.6 Å². The van der Waals surface area contributed by atoms with E-state index >= 15 is 0 Å². The summed E-state index contributed by atoms with van der Waals surface area (Å²) >= 11 is 1.58. The minimum absolute atomic E-state index is 0.215. The number of ether oxygens (including phenoxy) is 2. The van der Waals surface area contributed by atoms with Gasteiger partial charge in [0.25, 0.3) is 5.56 Å². The summed E-state index contributed by atoms with van der Waals surface area (Å²) in [4.78, 5) is 15.9. The Morgan fingerprint density at radius 1 is 1.22 bits per heavy atom. The van der Waals surface area contributed by atoms with Gasteiger partial charge in [0.1, 0.15) is 5.69 Å². The molecule has 116 valence electrons. The summed E-state index contributed by atoms with van der Waals surface area (Å²) in [7, 11) is 0. The molecular formula is C15H12N4O3S. The minimum atomic E-state index is -0.253. The van der Waals surface area contributed by atoms with Crippen molar-refractivity contribution < 1.29 is 9.47 Å². The van der Waals surface area contributed by atoms with Gasteiger partial charge in [-0.25, -0.2) is 0 Å². The van der Waals surface area contributed by atoms with Crippen molar-refractivity contribution in [3.8, 4) is 11.5 Å². The molecule has 4 rings (SSSR count). The summed E-state index contributed by atoms with van der Waals surface area (Å²) in [5.74, 6) is 1.63. The molecule has 23 heavy (non-hydrogen) atoms. The summed E-state index contributed by atoms with van der Waals surface area (Å²) in [6.07, 6.45) is 0.476. The molecule has 0 aliphatic carbocycles. The standard InChI is InChI=1S/C15H12N4O3S/c20-14-11(7-10-2-1-5-23-10)18-19-15(17-14)16-9-3-4-12-13(6-9)22-8-21-12/h1-6H,7-8H2,(H2,16,17,19,20). The number of aromatic nitrogens is 3. The number of aromatic amines is 1. The molecule has 0 radical (unpaired) electrons. The van der Waals surface area contributed by atoms with Crippen LogP contribution in [0.5, 0.6) is 11.5 Å². The zero-order valence-electron chi connectivity index (χ0n) is 11.9. The molecule has 0 spiro atoms. The highest BCUT2D eigenvalue weighted by atomic mass is 32.1. The average molecular weight is 328 g/mol. The fourth-order valence-corrected chi connectivity index (χ4v) is 2.93. The number of rotatable bonds is 4. The molecule has 0 saturated carbocycles. The number of fused-ring (bicyclic) bond motifs is 1. The van der Waals surface area contributed by atoms with E-state index < -0.39 is 0 Å². The molecule has 1 aliphatic rings. The van der Waals surface area contributed by atoms with E-state index in [-0.39, 0.29) is 18.3 Å². The normalized spacial score (nSPS) is 12.3. The number of thiophene rings is 1. The molecular weight excluding hydrogens is 316 g/mol. The lowest BCUT2D eigenvalue weighted by atomic mass is 10.3. The van der Waals surface area contributed by atoms with Gasteiger partial charge in [0, 0.05) is 23.1 Å². The van der Waals surface area contributed by atoms with Crippen LogP contribution in [0.4, 0.5) is 11.6 Å². The van der Waals surface area contributed by atoms with E-state index in [1.807, 2.05) is 23.6 Å². The van der Waals surface area contributed by atoms with Gasteiger partial charge in [0.2, 0.25) is 12.7 Å². The van der Waals surface area contributed by atoms with Crippen LogP contribution in [0.1, 0.15) is 10.6 Å². The second kappa shape index (κ2) is 5.73. The van der Waals surface area contributed by atoms with E-state index in [1.54, 1.807) is 23.5 Å². The molecule has 2 N–H and O–H groups in total. The van der Waals surface area contributed by atoms with Crippen molar-refractivity contribution in [2.24, 2.45) is 0 Å². The highest BCUT2D eigenvalue weighted by molar-refractivity contribution is 7.09. The summed E-state index contributed by atoms with van der Waals surface area (Å²) < 4.78 is 10.6. The first kappa shape index (κ1) is 13.8. The lowest BCUT2D eigenvalue weighted by Gasteiger charge is -2.06. The van der Waals surface area contributed by atoms with E-state index in [4.69, 9.17) is 9.47 Å². The lowest BCUT2D eigenvalue weighted by molar-refractivity contribution is 0.174. The van der Waals surface area contributed by atoms with Crippen molar-refractivity contribution in [2.75, 3.05) is 12.1 Å². The molecule has 0 atom stereocenters. The molecule has 8 heteroatoms. The minimum Gasteiger partial charge on any atom is -0.454 e. The third-order valence-corrected chi connectivity index (χ3v) is 4.20. The quantitative estimate of drug-likeness (QED) is 0.764. The van der Waals surface area contributed by atoms with Gasteiger partial charge < -0.3 is 14.8 Å². The summed E-state index contributed by atoms with van der Waals surface area (Å²) in [5.41, 5.74) is 0.866. The average Bonchev–Trinajstić information content (AvgIpc) is 3.21. The molecule has 0 amide bonds. The molecule has 0 unspecified atom stereocenters. The highest BCUT2D eigenvalue weighted by Crippen LogP contribution is 2.34. The Balaban J connectivity index is 1.53. The second-order valence-corrected chi connectivity index (χ2v) is 5.93. The van der Waals surface area contributed by atoms with Crippen molar-refractivity contribution in [1.29, 1.82) is 0 Å². The first-order chi connectivity index (χ1) is 11.3. The number of nitrogens with one attached hydrogen (secondary N) is 2. The number of benzene rings is 1. The van der Waals surface area contributed by atoms with Crippen molar-refractivity contribution in [1.82, 2.24) is 15.2 Å². The van der Waals surface area contributed by atoms with E-state index in [9.17, 15) is 4.79 Å². The second-order valence-electron chi connectivity index (χ2n) is 4.90. The topological polar surface area (TPSA) is 89.1 Å². The van der Waals surface area contributed by atoms with E-state index in [1.165, 1.54) is 0 Å². The molecule has 3 aromatic rings. The zero-order valence-corrected chi connectivity index (χ0v) is 12.7. The molecule has 2 aromatic heterocycles. The first-order valence-electron chi connectivity index (χ1n) is 6.93. The van der Waals surface area contributed by atoms with Crippen LogP contribution >= 0.6 is 11.3 Å². The Bertz CT molecular complexity index is 892. The Hall–Kier alpha value is -2.87. The first-order valence-corrected chi connectivity index (χ1v) is 7.81. The maximum Gasteiger partial charge on any atom is 0.274 e.